The summed E-state index contributed by atoms with van der Waals surface area (Å²) >= 11 is 0. The van der Waals surface area contributed by atoms with Gasteiger partial charge in [-0.1, -0.05) is 18.0 Å². The Morgan fingerprint density at radius 1 is 1.42 bits per heavy atom. The van der Waals surface area contributed by atoms with Gasteiger partial charge in [-0.3, -0.25) is 9.69 Å². The fourth-order valence-electron chi connectivity index (χ4n) is 4.13. The Labute approximate surface area is 140 Å². The number of ether oxygens (including phenoxy) is 1. The first kappa shape index (κ1) is 15.4. The molecule has 1 saturated heterocycles. The average Bonchev–Trinajstić information content (AvgIpc) is 3.34. The molecule has 0 unspecified atom stereocenters. The molecule has 1 saturated carbocycles. The fraction of sp³-hybridized carbons (Fsp3) is 0.588. The number of hydrogen-bond donors (Lipinski definition) is 0. The molecule has 0 spiro atoms. The Bertz CT molecular complexity index is 697. The standard InChI is InChI=1S/C17H21N3O4/c1-22-17(21)13-9-11-5-2-3-6-12(11)20(13)10-15-18-16(19-24-15)14-7-4-8-23-14/h4,7-8,11-13H,2-3,5-6,9-10H2,1H3/t11-,12+,13-/m0/s1. The van der Waals surface area contributed by atoms with Gasteiger partial charge in [-0.2, -0.15) is 4.98 Å². The van der Waals surface area contributed by atoms with Crippen LogP contribution in [0.1, 0.15) is 38.0 Å². The van der Waals surface area contributed by atoms with E-state index in [4.69, 9.17) is 13.7 Å². The van der Waals surface area contributed by atoms with Crippen LogP contribution in [-0.2, 0) is 16.1 Å². The van der Waals surface area contributed by atoms with E-state index in [2.05, 4.69) is 15.0 Å². The highest BCUT2D eigenvalue weighted by molar-refractivity contribution is 5.76. The number of methoxy groups -OCH3 is 1. The van der Waals surface area contributed by atoms with Gasteiger partial charge in [-0.05, 0) is 37.3 Å². The summed E-state index contributed by atoms with van der Waals surface area (Å²) < 4.78 is 15.7. The lowest BCUT2D eigenvalue weighted by Crippen LogP contribution is -2.42. The molecule has 1 aliphatic carbocycles. The number of carbonyl (C=O) groups is 1. The van der Waals surface area contributed by atoms with E-state index in [1.54, 1.807) is 18.4 Å². The number of hydrogen-bond acceptors (Lipinski definition) is 7. The van der Waals surface area contributed by atoms with Crippen molar-refractivity contribution in [2.24, 2.45) is 5.92 Å². The van der Waals surface area contributed by atoms with E-state index < -0.39 is 0 Å². The van der Waals surface area contributed by atoms with Crippen LogP contribution in [0.15, 0.2) is 27.3 Å². The smallest absolute Gasteiger partial charge is 0.323 e. The second kappa shape index (κ2) is 6.39. The van der Waals surface area contributed by atoms with Crippen LogP contribution in [0.3, 0.4) is 0 Å². The summed E-state index contributed by atoms with van der Waals surface area (Å²) in [6.45, 7) is 0.467. The summed E-state index contributed by atoms with van der Waals surface area (Å²) in [6.07, 6.45) is 7.16. The zero-order chi connectivity index (χ0) is 16.5. The first-order valence-electron chi connectivity index (χ1n) is 8.46. The minimum atomic E-state index is -0.220. The number of furan rings is 1. The van der Waals surface area contributed by atoms with Crippen molar-refractivity contribution in [1.82, 2.24) is 15.0 Å². The molecule has 7 nitrogen and oxygen atoms in total. The minimum Gasteiger partial charge on any atom is -0.468 e. The Balaban J connectivity index is 1.55. The van der Waals surface area contributed by atoms with Gasteiger partial charge in [-0.25, -0.2) is 0 Å². The number of rotatable bonds is 4. The quantitative estimate of drug-likeness (QED) is 0.797. The largest absolute Gasteiger partial charge is 0.468 e. The van der Waals surface area contributed by atoms with E-state index in [1.165, 1.54) is 26.4 Å². The topological polar surface area (TPSA) is 81.6 Å². The maximum Gasteiger partial charge on any atom is 0.323 e. The molecule has 0 N–H and O–H groups in total. The summed E-state index contributed by atoms with van der Waals surface area (Å²) in [5.41, 5.74) is 0. The fourth-order valence-corrected chi connectivity index (χ4v) is 4.13. The number of esters is 1. The first-order valence-corrected chi connectivity index (χ1v) is 8.46. The molecule has 2 aromatic heterocycles. The Morgan fingerprint density at radius 3 is 3.08 bits per heavy atom. The molecule has 0 aromatic carbocycles. The molecule has 0 radical (unpaired) electrons. The molecular formula is C17H21N3O4. The molecule has 3 heterocycles. The van der Waals surface area contributed by atoms with Crippen molar-refractivity contribution in [3.05, 3.63) is 24.3 Å². The van der Waals surface area contributed by atoms with Crippen molar-refractivity contribution in [3.63, 3.8) is 0 Å². The number of fused-ring (bicyclic) bond motifs is 1. The van der Waals surface area contributed by atoms with Crippen LogP contribution >= 0.6 is 0 Å². The van der Waals surface area contributed by atoms with Crippen LogP contribution < -0.4 is 0 Å². The summed E-state index contributed by atoms with van der Waals surface area (Å²) in [4.78, 5) is 18.8. The van der Waals surface area contributed by atoms with Crippen LogP contribution in [0.2, 0.25) is 0 Å². The van der Waals surface area contributed by atoms with E-state index >= 15 is 0 Å². The predicted octanol–water partition coefficient (Wildman–Crippen LogP) is 2.64. The van der Waals surface area contributed by atoms with Gasteiger partial charge >= 0.3 is 5.97 Å². The molecule has 3 atom stereocenters. The van der Waals surface area contributed by atoms with Gasteiger partial charge in [0.05, 0.1) is 19.9 Å². The third-order valence-corrected chi connectivity index (χ3v) is 5.22. The van der Waals surface area contributed by atoms with E-state index in [1.807, 2.05) is 0 Å². The van der Waals surface area contributed by atoms with Gasteiger partial charge in [0.25, 0.3) is 0 Å². The summed E-state index contributed by atoms with van der Waals surface area (Å²) in [5, 5.41) is 3.97. The molecule has 7 heteroatoms. The van der Waals surface area contributed by atoms with Crippen LogP contribution in [0.5, 0.6) is 0 Å². The summed E-state index contributed by atoms with van der Waals surface area (Å²) in [6, 6.07) is 3.74. The van der Waals surface area contributed by atoms with Crippen molar-refractivity contribution in [2.75, 3.05) is 7.11 Å². The normalized spacial score (nSPS) is 27.1. The molecule has 2 fully saturated rings. The van der Waals surface area contributed by atoms with Crippen molar-refractivity contribution >= 4 is 5.97 Å². The SMILES string of the molecule is COC(=O)[C@@H]1C[C@@H]2CCCC[C@H]2N1Cc1nc(-c2ccco2)no1. The van der Waals surface area contributed by atoms with Crippen LogP contribution in [-0.4, -0.2) is 40.2 Å². The molecule has 0 amide bonds. The van der Waals surface area contributed by atoms with Gasteiger partial charge in [0.2, 0.25) is 11.7 Å². The Kier molecular flexibility index (Phi) is 4.10. The van der Waals surface area contributed by atoms with Crippen LogP contribution in [0, 0.1) is 5.92 Å². The summed E-state index contributed by atoms with van der Waals surface area (Å²) in [5.74, 6) is 1.89. The van der Waals surface area contributed by atoms with E-state index in [-0.39, 0.29) is 12.0 Å². The molecular weight excluding hydrogens is 310 g/mol. The van der Waals surface area contributed by atoms with Gasteiger partial charge < -0.3 is 13.7 Å². The Hall–Kier alpha value is -2.15. The summed E-state index contributed by atoms with van der Waals surface area (Å²) in [7, 11) is 1.45. The van der Waals surface area contributed by atoms with Crippen molar-refractivity contribution < 1.29 is 18.5 Å². The molecule has 1 aliphatic heterocycles. The number of carbonyl (C=O) groups excluding carboxylic acids is 1. The lowest BCUT2D eigenvalue weighted by Gasteiger charge is -2.32. The maximum absolute atomic E-state index is 12.2. The third kappa shape index (κ3) is 2.73. The van der Waals surface area contributed by atoms with E-state index in [9.17, 15) is 4.79 Å². The average molecular weight is 331 g/mol. The maximum atomic E-state index is 12.2. The molecule has 4 rings (SSSR count). The van der Waals surface area contributed by atoms with Crippen molar-refractivity contribution in [3.8, 4) is 11.6 Å². The number of nitrogens with zero attached hydrogens (tertiary/aromatic N) is 3. The van der Waals surface area contributed by atoms with E-state index in [0.29, 0.717) is 36.0 Å². The Morgan fingerprint density at radius 2 is 2.29 bits per heavy atom. The second-order valence-corrected chi connectivity index (χ2v) is 6.55. The zero-order valence-corrected chi connectivity index (χ0v) is 13.7. The van der Waals surface area contributed by atoms with Crippen LogP contribution in [0.25, 0.3) is 11.6 Å². The molecule has 24 heavy (non-hydrogen) atoms. The predicted molar refractivity (Wildman–Crippen MR) is 83.7 cm³/mol. The highest BCUT2D eigenvalue weighted by Gasteiger charge is 2.46. The third-order valence-electron chi connectivity index (χ3n) is 5.22. The highest BCUT2D eigenvalue weighted by atomic mass is 16.5. The monoisotopic (exact) mass is 331 g/mol. The highest BCUT2D eigenvalue weighted by Crippen LogP contribution is 2.40. The van der Waals surface area contributed by atoms with Crippen LogP contribution in [0.4, 0.5) is 0 Å². The lowest BCUT2D eigenvalue weighted by molar-refractivity contribution is -0.146. The van der Waals surface area contributed by atoms with E-state index in [0.717, 1.165) is 12.8 Å². The lowest BCUT2D eigenvalue weighted by atomic mass is 9.85. The van der Waals surface area contributed by atoms with Crippen molar-refractivity contribution in [2.45, 2.75) is 50.7 Å². The zero-order valence-electron chi connectivity index (χ0n) is 13.7. The molecule has 2 aliphatic rings. The molecule has 2 aromatic rings. The van der Waals surface area contributed by atoms with Gasteiger partial charge in [0.1, 0.15) is 6.04 Å². The van der Waals surface area contributed by atoms with Gasteiger partial charge in [-0.15, -0.1) is 0 Å². The van der Waals surface area contributed by atoms with Crippen molar-refractivity contribution in [1.29, 1.82) is 0 Å². The molecule has 128 valence electrons. The molecule has 0 bridgehead atoms. The first-order chi connectivity index (χ1) is 11.8. The van der Waals surface area contributed by atoms with Gasteiger partial charge in [0.15, 0.2) is 5.76 Å². The van der Waals surface area contributed by atoms with Gasteiger partial charge in [0, 0.05) is 6.04 Å². The minimum absolute atomic E-state index is 0.171. The second-order valence-electron chi connectivity index (χ2n) is 6.55. The number of likely N-dealkylation sites (tertiary alicyclic amines) is 1. The number of aromatic nitrogens is 2.